The molecule has 0 bridgehead atoms. The average molecular weight is 433 g/mol. The highest BCUT2D eigenvalue weighted by Crippen LogP contribution is 2.38. The van der Waals surface area contributed by atoms with E-state index in [0.29, 0.717) is 13.0 Å². The maximum absolute atomic E-state index is 12.8. The molecular weight excluding hydrogens is 384 g/mol. The van der Waals surface area contributed by atoms with Crippen molar-refractivity contribution < 1.29 is 9.53 Å². The zero-order valence-corrected chi connectivity index (χ0v) is 21.7. The fraction of sp³-hybridized carbons (Fsp3) is 0.741. The number of amides is 1. The number of benzene rings is 1. The first-order valence-corrected chi connectivity index (χ1v) is 12.4. The Hall–Kier alpha value is -1.55. The van der Waals surface area contributed by atoms with Gasteiger partial charge in [0.25, 0.3) is 5.91 Å². The minimum atomic E-state index is -0.468. The Bertz CT molecular complexity index is 678. The monoisotopic (exact) mass is 432 g/mol. The topological polar surface area (TPSA) is 41.6 Å². The molecule has 0 spiro atoms. The zero-order valence-electron chi connectivity index (χ0n) is 21.7. The first-order chi connectivity index (χ1) is 14.6. The Morgan fingerprint density at radius 2 is 1.61 bits per heavy atom. The average Bonchev–Trinajstić information content (AvgIpc) is 2.77. The Morgan fingerprint density at radius 3 is 2.13 bits per heavy atom. The molecule has 1 amide bonds. The van der Waals surface area contributed by atoms with Gasteiger partial charge in [0, 0.05) is 12.1 Å². The molecule has 0 heterocycles. The van der Waals surface area contributed by atoms with Crippen LogP contribution in [0.2, 0.25) is 0 Å². The molecule has 1 rings (SSSR count). The van der Waals surface area contributed by atoms with Crippen LogP contribution in [-0.4, -0.2) is 43.1 Å². The second-order valence-electron chi connectivity index (χ2n) is 9.87. The molecule has 1 N–H and O–H groups in total. The molecule has 0 saturated carbocycles. The summed E-state index contributed by atoms with van der Waals surface area (Å²) in [5.74, 6) is 0.827. The number of rotatable bonds is 14. The summed E-state index contributed by atoms with van der Waals surface area (Å²) in [6.45, 7) is 23.7. The number of hydrogen-bond donors (Lipinski definition) is 1. The Balaban J connectivity index is 2.97. The summed E-state index contributed by atoms with van der Waals surface area (Å²) < 4.78 is 6.34. The molecule has 1 aromatic rings. The van der Waals surface area contributed by atoms with Gasteiger partial charge in [-0.2, -0.15) is 0 Å². The quantitative estimate of drug-likeness (QED) is 0.363. The molecule has 4 heteroatoms. The second-order valence-corrected chi connectivity index (χ2v) is 9.87. The van der Waals surface area contributed by atoms with Crippen molar-refractivity contribution in [2.24, 2.45) is 0 Å². The molecule has 0 aromatic heterocycles. The van der Waals surface area contributed by atoms with Gasteiger partial charge in [-0.1, -0.05) is 74.4 Å². The van der Waals surface area contributed by atoms with Crippen molar-refractivity contribution in [1.82, 2.24) is 10.2 Å². The maximum Gasteiger partial charge on any atom is 0.261 e. The Labute approximate surface area is 192 Å². The van der Waals surface area contributed by atoms with Crippen LogP contribution in [0.3, 0.4) is 0 Å². The van der Waals surface area contributed by atoms with Gasteiger partial charge in [0.05, 0.1) is 0 Å². The van der Waals surface area contributed by atoms with Gasteiger partial charge in [0.15, 0.2) is 6.10 Å². The molecule has 1 aromatic carbocycles. The molecular formula is C27H48N2O2. The van der Waals surface area contributed by atoms with Crippen molar-refractivity contribution in [3.8, 4) is 5.75 Å². The van der Waals surface area contributed by atoms with Gasteiger partial charge in [-0.25, -0.2) is 0 Å². The summed E-state index contributed by atoms with van der Waals surface area (Å²) in [5, 5.41) is 3.08. The minimum absolute atomic E-state index is 0.0136. The normalized spacial score (nSPS) is 13.4. The molecule has 0 radical (unpaired) electrons. The first-order valence-electron chi connectivity index (χ1n) is 12.4. The molecule has 1 atom stereocenters. The van der Waals surface area contributed by atoms with E-state index >= 15 is 0 Å². The zero-order chi connectivity index (χ0) is 23.7. The van der Waals surface area contributed by atoms with Crippen molar-refractivity contribution in [3.05, 3.63) is 29.3 Å². The number of ether oxygens (including phenoxy) is 1. The van der Waals surface area contributed by atoms with E-state index in [9.17, 15) is 4.79 Å². The molecule has 31 heavy (non-hydrogen) atoms. The lowest BCUT2D eigenvalue weighted by atomic mass is 9.76. The fourth-order valence-corrected chi connectivity index (χ4v) is 3.62. The Morgan fingerprint density at radius 1 is 1.00 bits per heavy atom. The molecule has 0 fully saturated rings. The first kappa shape index (κ1) is 27.5. The molecule has 1 unspecified atom stereocenters. The van der Waals surface area contributed by atoms with Crippen molar-refractivity contribution in [1.29, 1.82) is 0 Å². The van der Waals surface area contributed by atoms with Crippen molar-refractivity contribution in [3.63, 3.8) is 0 Å². The van der Waals surface area contributed by atoms with Gasteiger partial charge in [0.1, 0.15) is 5.75 Å². The summed E-state index contributed by atoms with van der Waals surface area (Å²) in [4.78, 5) is 15.2. The van der Waals surface area contributed by atoms with Gasteiger partial charge in [0.2, 0.25) is 0 Å². The molecule has 0 aliphatic carbocycles. The summed E-state index contributed by atoms with van der Waals surface area (Å²) >= 11 is 0. The molecule has 0 saturated heterocycles. The van der Waals surface area contributed by atoms with Crippen LogP contribution in [0.1, 0.15) is 99.1 Å². The third-order valence-corrected chi connectivity index (χ3v) is 7.04. The van der Waals surface area contributed by atoms with Crippen LogP contribution in [-0.2, 0) is 15.6 Å². The van der Waals surface area contributed by atoms with Crippen LogP contribution in [0.15, 0.2) is 18.2 Å². The highest BCUT2D eigenvalue weighted by Gasteiger charge is 2.28. The van der Waals surface area contributed by atoms with Crippen LogP contribution < -0.4 is 10.1 Å². The molecule has 0 aliphatic rings. The molecule has 178 valence electrons. The van der Waals surface area contributed by atoms with Gasteiger partial charge in [-0.3, -0.25) is 4.79 Å². The maximum atomic E-state index is 12.8. The van der Waals surface area contributed by atoms with E-state index in [1.165, 1.54) is 11.1 Å². The van der Waals surface area contributed by atoms with Gasteiger partial charge >= 0.3 is 0 Å². The van der Waals surface area contributed by atoms with Crippen LogP contribution >= 0.6 is 0 Å². The lowest BCUT2D eigenvalue weighted by molar-refractivity contribution is -0.128. The second kappa shape index (κ2) is 12.5. The van der Waals surface area contributed by atoms with E-state index in [1.807, 2.05) is 6.92 Å². The summed E-state index contributed by atoms with van der Waals surface area (Å²) in [6, 6.07) is 6.55. The van der Waals surface area contributed by atoms with Crippen molar-refractivity contribution >= 4 is 5.91 Å². The predicted octanol–water partition coefficient (Wildman–Crippen LogP) is 6.07. The standard InChI is InChI=1S/C27H48N2O2/c1-10-23(25(30)28-18-15-19-29(13-4)14-5)31-24-17-16-21(26(6,7)11-2)20-22(24)27(8,9)12-3/h16-17,20,23H,10-15,18-19H2,1-9H3,(H,28,30). The third kappa shape index (κ3) is 7.82. The molecule has 4 nitrogen and oxygen atoms in total. The SMILES string of the molecule is CCC(Oc1ccc(C(C)(C)CC)cc1C(C)(C)CC)C(=O)NCCCN(CC)CC. The predicted molar refractivity (Wildman–Crippen MR) is 133 cm³/mol. The fourth-order valence-electron chi connectivity index (χ4n) is 3.62. The Kier molecular flexibility index (Phi) is 11.1. The van der Waals surface area contributed by atoms with E-state index in [2.05, 4.69) is 83.8 Å². The largest absolute Gasteiger partial charge is 0.480 e. The van der Waals surface area contributed by atoms with E-state index < -0.39 is 6.10 Å². The van der Waals surface area contributed by atoms with E-state index in [4.69, 9.17) is 4.74 Å². The molecule has 0 aliphatic heterocycles. The number of nitrogens with one attached hydrogen (secondary N) is 1. The van der Waals surface area contributed by atoms with E-state index in [1.54, 1.807) is 0 Å². The van der Waals surface area contributed by atoms with Crippen LogP contribution in [0.5, 0.6) is 5.75 Å². The highest BCUT2D eigenvalue weighted by molar-refractivity contribution is 5.81. The number of hydrogen-bond acceptors (Lipinski definition) is 3. The van der Waals surface area contributed by atoms with Crippen LogP contribution in [0.25, 0.3) is 0 Å². The minimum Gasteiger partial charge on any atom is -0.480 e. The summed E-state index contributed by atoms with van der Waals surface area (Å²) in [5.41, 5.74) is 2.62. The number of nitrogens with zero attached hydrogens (tertiary/aromatic N) is 1. The highest BCUT2D eigenvalue weighted by atomic mass is 16.5. The summed E-state index contributed by atoms with van der Waals surface area (Å²) in [6.07, 6.45) is 3.22. The summed E-state index contributed by atoms with van der Waals surface area (Å²) in [7, 11) is 0. The van der Waals surface area contributed by atoms with Gasteiger partial charge < -0.3 is 15.0 Å². The smallest absolute Gasteiger partial charge is 0.261 e. The third-order valence-electron chi connectivity index (χ3n) is 7.04. The van der Waals surface area contributed by atoms with E-state index in [-0.39, 0.29) is 16.7 Å². The van der Waals surface area contributed by atoms with Crippen LogP contribution in [0, 0.1) is 0 Å². The number of carbonyl (C=O) groups is 1. The van der Waals surface area contributed by atoms with Crippen LogP contribution in [0.4, 0.5) is 0 Å². The number of carbonyl (C=O) groups excluding carboxylic acids is 1. The van der Waals surface area contributed by atoms with Crippen molar-refractivity contribution in [2.45, 2.75) is 105 Å². The lowest BCUT2D eigenvalue weighted by Crippen LogP contribution is -2.39. The van der Waals surface area contributed by atoms with Gasteiger partial charge in [-0.15, -0.1) is 0 Å². The lowest BCUT2D eigenvalue weighted by Gasteiger charge is -2.31. The van der Waals surface area contributed by atoms with Crippen molar-refractivity contribution in [2.75, 3.05) is 26.2 Å². The van der Waals surface area contributed by atoms with E-state index in [0.717, 1.165) is 44.6 Å². The van der Waals surface area contributed by atoms with Gasteiger partial charge in [-0.05, 0) is 67.8 Å².